The Kier molecular flexibility index (Phi) is 3.50. The molecule has 1 unspecified atom stereocenters. The zero-order chi connectivity index (χ0) is 15.9. The number of nitrogens with one attached hydrogen (secondary N) is 2. The number of rotatable bonds is 3. The highest BCUT2D eigenvalue weighted by Gasteiger charge is 2.42. The molecule has 0 fully saturated rings. The summed E-state index contributed by atoms with van der Waals surface area (Å²) in [4.78, 5) is 11.2. The van der Waals surface area contributed by atoms with Gasteiger partial charge in [0.1, 0.15) is 5.92 Å². The molecule has 2 N–H and O–H groups in total. The predicted octanol–water partition coefficient (Wildman–Crippen LogP) is 2.56. The number of nitrogens with zero attached hydrogens (tertiary/aromatic N) is 2. The second kappa shape index (κ2) is 5.34. The van der Waals surface area contributed by atoms with E-state index in [2.05, 4.69) is 15.5 Å². The maximum Gasteiger partial charge on any atom is 0.317 e. The van der Waals surface area contributed by atoms with Crippen molar-refractivity contribution in [2.75, 3.05) is 7.05 Å². The number of hydrogen-bond donors (Lipinski definition) is 2. The van der Waals surface area contributed by atoms with E-state index in [0.29, 0.717) is 27.7 Å². The van der Waals surface area contributed by atoms with Crippen LogP contribution in [0.4, 0.5) is 0 Å². The Morgan fingerprint density at radius 2 is 2.18 bits per heavy atom. The average Bonchev–Trinajstić information content (AvgIpc) is 2.87. The first-order valence-electron chi connectivity index (χ1n) is 6.58. The number of H-pyrrole nitrogens is 1. The van der Waals surface area contributed by atoms with Gasteiger partial charge in [-0.25, -0.2) is 0 Å². The number of hydrogen-bond acceptors (Lipinski definition) is 5. The molecule has 22 heavy (non-hydrogen) atoms. The number of allylic oxidation sites excluding steroid dienone is 1. The second-order valence-electron chi connectivity index (χ2n) is 4.85. The Morgan fingerprint density at radius 1 is 1.45 bits per heavy atom. The Bertz CT molecular complexity index is 784. The molecule has 2 aromatic rings. The number of fused-ring (bicyclic) bond motifs is 1. The number of aromatic amines is 1. The van der Waals surface area contributed by atoms with Gasteiger partial charge in [0.2, 0.25) is 5.88 Å². The third-order valence-electron chi connectivity index (χ3n) is 3.59. The standard InChI is InChI=1S/C14H13ClN4O3/c1-7-10-11(8-5-3-4-6-9(8)15)12(19(20)21)14(16-2)22-13(10)18-17-7/h3-6,11,16H,1-2H3,(H,17,18). The summed E-state index contributed by atoms with van der Waals surface area (Å²) in [5.74, 6) is -0.278. The van der Waals surface area contributed by atoms with Crippen LogP contribution in [0.5, 0.6) is 5.88 Å². The average molecular weight is 321 g/mol. The minimum Gasteiger partial charge on any atom is -0.414 e. The van der Waals surface area contributed by atoms with Gasteiger partial charge >= 0.3 is 5.70 Å². The van der Waals surface area contributed by atoms with Gasteiger partial charge in [-0.15, -0.1) is 5.10 Å². The van der Waals surface area contributed by atoms with Crippen molar-refractivity contribution in [3.05, 3.63) is 67.8 Å². The zero-order valence-electron chi connectivity index (χ0n) is 11.9. The fourth-order valence-electron chi connectivity index (χ4n) is 2.63. The molecule has 1 atom stereocenters. The molecule has 1 aliphatic rings. The number of aryl methyl sites for hydroxylation is 1. The van der Waals surface area contributed by atoms with Crippen molar-refractivity contribution in [2.45, 2.75) is 12.8 Å². The Morgan fingerprint density at radius 3 is 2.82 bits per heavy atom. The molecule has 0 radical (unpaired) electrons. The minimum atomic E-state index is -0.659. The van der Waals surface area contributed by atoms with Crippen molar-refractivity contribution in [3.8, 4) is 5.88 Å². The lowest BCUT2D eigenvalue weighted by Crippen LogP contribution is -2.28. The molecule has 7 nitrogen and oxygen atoms in total. The topological polar surface area (TPSA) is 93.1 Å². The molecule has 0 aliphatic carbocycles. The maximum absolute atomic E-state index is 11.6. The highest BCUT2D eigenvalue weighted by Crippen LogP contribution is 2.45. The molecule has 2 heterocycles. The lowest BCUT2D eigenvalue weighted by Gasteiger charge is -2.23. The number of benzene rings is 1. The Balaban J connectivity index is 2.30. The molecule has 0 spiro atoms. The van der Waals surface area contributed by atoms with Crippen molar-refractivity contribution in [2.24, 2.45) is 0 Å². The number of aromatic nitrogens is 2. The van der Waals surface area contributed by atoms with Crippen LogP contribution in [0.25, 0.3) is 0 Å². The van der Waals surface area contributed by atoms with Gasteiger partial charge in [0, 0.05) is 17.8 Å². The van der Waals surface area contributed by atoms with E-state index in [1.165, 1.54) is 0 Å². The van der Waals surface area contributed by atoms with Crippen LogP contribution in [-0.2, 0) is 0 Å². The summed E-state index contributed by atoms with van der Waals surface area (Å²) in [5.41, 5.74) is 1.87. The van der Waals surface area contributed by atoms with Crippen molar-refractivity contribution in [1.82, 2.24) is 15.5 Å². The highest BCUT2D eigenvalue weighted by atomic mass is 35.5. The van der Waals surface area contributed by atoms with E-state index in [-0.39, 0.29) is 11.6 Å². The monoisotopic (exact) mass is 320 g/mol. The van der Waals surface area contributed by atoms with E-state index < -0.39 is 10.8 Å². The van der Waals surface area contributed by atoms with Crippen LogP contribution >= 0.6 is 11.6 Å². The van der Waals surface area contributed by atoms with Gasteiger partial charge in [-0.1, -0.05) is 29.8 Å². The molecule has 0 bridgehead atoms. The van der Waals surface area contributed by atoms with E-state index >= 15 is 0 Å². The molecular formula is C14H13ClN4O3. The molecule has 1 aromatic carbocycles. The van der Waals surface area contributed by atoms with E-state index in [1.807, 2.05) is 0 Å². The molecule has 0 amide bonds. The van der Waals surface area contributed by atoms with Crippen LogP contribution in [0, 0.1) is 17.0 Å². The summed E-state index contributed by atoms with van der Waals surface area (Å²) in [5, 5.41) is 21.7. The summed E-state index contributed by atoms with van der Waals surface area (Å²) in [6.07, 6.45) is 0. The van der Waals surface area contributed by atoms with Gasteiger partial charge in [-0.2, -0.15) is 0 Å². The third kappa shape index (κ3) is 2.10. The van der Waals surface area contributed by atoms with Crippen molar-refractivity contribution < 1.29 is 9.66 Å². The Hall–Kier alpha value is -2.54. The highest BCUT2D eigenvalue weighted by molar-refractivity contribution is 6.31. The quantitative estimate of drug-likeness (QED) is 0.669. The van der Waals surface area contributed by atoms with Crippen LogP contribution in [0.15, 0.2) is 35.8 Å². The van der Waals surface area contributed by atoms with Crippen molar-refractivity contribution in [1.29, 1.82) is 0 Å². The van der Waals surface area contributed by atoms with E-state index in [4.69, 9.17) is 16.3 Å². The maximum atomic E-state index is 11.6. The SMILES string of the molecule is CNC1=C([N+](=O)[O-])C(c2ccccc2Cl)c2c(n[nH]c2C)O1. The number of nitro groups is 1. The molecule has 1 aromatic heterocycles. The van der Waals surface area contributed by atoms with Crippen LogP contribution in [0.2, 0.25) is 5.02 Å². The second-order valence-corrected chi connectivity index (χ2v) is 5.25. The van der Waals surface area contributed by atoms with Crippen molar-refractivity contribution in [3.63, 3.8) is 0 Å². The molecule has 3 rings (SSSR count). The molecular weight excluding hydrogens is 308 g/mol. The predicted molar refractivity (Wildman–Crippen MR) is 80.3 cm³/mol. The fourth-order valence-corrected chi connectivity index (χ4v) is 2.87. The summed E-state index contributed by atoms with van der Waals surface area (Å²) in [6, 6.07) is 7.05. The molecule has 1 aliphatic heterocycles. The largest absolute Gasteiger partial charge is 0.414 e. The van der Waals surface area contributed by atoms with Crippen LogP contribution in [0.1, 0.15) is 22.7 Å². The van der Waals surface area contributed by atoms with Gasteiger partial charge in [0.05, 0.1) is 10.5 Å². The summed E-state index contributed by atoms with van der Waals surface area (Å²) >= 11 is 6.27. The molecule has 0 saturated heterocycles. The minimum absolute atomic E-state index is 0.0638. The van der Waals surface area contributed by atoms with E-state index in [1.54, 1.807) is 38.2 Å². The smallest absolute Gasteiger partial charge is 0.317 e. The van der Waals surface area contributed by atoms with Gasteiger partial charge in [-0.3, -0.25) is 15.2 Å². The lowest BCUT2D eigenvalue weighted by atomic mass is 9.87. The first-order valence-corrected chi connectivity index (χ1v) is 6.95. The molecule has 0 saturated carbocycles. The fraction of sp³-hybridized carbons (Fsp3) is 0.214. The number of ether oxygens (including phenoxy) is 1. The molecule has 8 heteroatoms. The van der Waals surface area contributed by atoms with Gasteiger partial charge in [-0.05, 0) is 18.6 Å². The van der Waals surface area contributed by atoms with Crippen LogP contribution in [-0.4, -0.2) is 22.2 Å². The van der Waals surface area contributed by atoms with Crippen LogP contribution < -0.4 is 10.1 Å². The van der Waals surface area contributed by atoms with Gasteiger partial charge in [0.25, 0.3) is 5.88 Å². The van der Waals surface area contributed by atoms with Crippen LogP contribution in [0.3, 0.4) is 0 Å². The van der Waals surface area contributed by atoms with Gasteiger partial charge in [0.15, 0.2) is 0 Å². The third-order valence-corrected chi connectivity index (χ3v) is 3.94. The normalized spacial score (nSPS) is 17.0. The number of halogens is 1. The Labute approximate surface area is 131 Å². The van der Waals surface area contributed by atoms with E-state index in [0.717, 1.165) is 0 Å². The first kappa shape index (κ1) is 14.4. The van der Waals surface area contributed by atoms with Gasteiger partial charge < -0.3 is 10.1 Å². The first-order chi connectivity index (χ1) is 10.5. The summed E-state index contributed by atoms with van der Waals surface area (Å²) in [6.45, 7) is 1.79. The lowest BCUT2D eigenvalue weighted by molar-refractivity contribution is -0.432. The van der Waals surface area contributed by atoms with E-state index in [9.17, 15) is 10.1 Å². The summed E-state index contributed by atoms with van der Waals surface area (Å²) in [7, 11) is 1.56. The van der Waals surface area contributed by atoms with Crippen molar-refractivity contribution >= 4 is 11.6 Å². The summed E-state index contributed by atoms with van der Waals surface area (Å²) < 4.78 is 5.51. The zero-order valence-corrected chi connectivity index (χ0v) is 12.6. The molecule has 114 valence electrons.